The summed E-state index contributed by atoms with van der Waals surface area (Å²) in [7, 11) is 0. The lowest BCUT2D eigenvalue weighted by atomic mass is 9.91. The summed E-state index contributed by atoms with van der Waals surface area (Å²) in [4.78, 5) is 17.5. The van der Waals surface area contributed by atoms with E-state index < -0.39 is 0 Å². The van der Waals surface area contributed by atoms with Crippen LogP contribution in [-0.2, 0) is 4.79 Å². The second-order valence-electron chi connectivity index (χ2n) is 9.37. The molecule has 2 saturated heterocycles. The van der Waals surface area contributed by atoms with Crippen molar-refractivity contribution in [1.29, 1.82) is 0 Å². The lowest BCUT2D eigenvalue weighted by Gasteiger charge is -2.38. The smallest absolute Gasteiger partial charge is 0.225 e. The van der Waals surface area contributed by atoms with Crippen molar-refractivity contribution in [2.24, 2.45) is 17.8 Å². The number of carbonyl (C=O) groups is 1. The van der Waals surface area contributed by atoms with Crippen LogP contribution in [0.1, 0.15) is 60.3 Å². The van der Waals surface area contributed by atoms with E-state index in [0.29, 0.717) is 5.91 Å². The standard InChI is InChI=1S/C20H39N3O/c1-16(2)15-22-10-8-18(9-11-22)19(24)23-12-6-17(7-13-23)14-21-20(3,4)5/h16-18,21H,6-15H2,1-5H3. The molecule has 0 saturated carbocycles. The summed E-state index contributed by atoms with van der Waals surface area (Å²) in [5, 5.41) is 3.61. The van der Waals surface area contributed by atoms with Crippen molar-refractivity contribution in [2.45, 2.75) is 65.8 Å². The maximum Gasteiger partial charge on any atom is 0.225 e. The third-order valence-electron chi connectivity index (χ3n) is 5.41. The van der Waals surface area contributed by atoms with Gasteiger partial charge >= 0.3 is 0 Å². The Morgan fingerprint density at radius 3 is 2.12 bits per heavy atom. The highest BCUT2D eigenvalue weighted by molar-refractivity contribution is 5.79. The second kappa shape index (κ2) is 8.66. The van der Waals surface area contributed by atoms with E-state index in [9.17, 15) is 4.79 Å². The Bertz CT molecular complexity index is 386. The van der Waals surface area contributed by atoms with Crippen LogP contribution in [0.4, 0.5) is 0 Å². The van der Waals surface area contributed by atoms with Crippen LogP contribution in [0.2, 0.25) is 0 Å². The van der Waals surface area contributed by atoms with Gasteiger partial charge in [0.1, 0.15) is 0 Å². The molecule has 0 aliphatic carbocycles. The SMILES string of the molecule is CC(C)CN1CCC(C(=O)N2CCC(CNC(C)(C)C)CC2)CC1. The minimum absolute atomic E-state index is 0.191. The van der Waals surface area contributed by atoms with Crippen molar-refractivity contribution in [3.05, 3.63) is 0 Å². The molecule has 0 radical (unpaired) electrons. The van der Waals surface area contributed by atoms with Crippen molar-refractivity contribution < 1.29 is 4.79 Å². The van der Waals surface area contributed by atoms with Gasteiger partial charge in [0.2, 0.25) is 5.91 Å². The third kappa shape index (κ3) is 6.36. The first-order chi connectivity index (χ1) is 11.2. The largest absolute Gasteiger partial charge is 0.342 e. The molecule has 0 aromatic heterocycles. The van der Waals surface area contributed by atoms with Crippen LogP contribution in [0.5, 0.6) is 0 Å². The number of piperidine rings is 2. The Morgan fingerprint density at radius 2 is 1.62 bits per heavy atom. The van der Waals surface area contributed by atoms with Gasteiger partial charge in [-0.3, -0.25) is 4.79 Å². The molecule has 0 aromatic rings. The average molecular weight is 338 g/mol. The number of hydrogen-bond donors (Lipinski definition) is 1. The number of nitrogens with zero attached hydrogens (tertiary/aromatic N) is 2. The molecule has 2 fully saturated rings. The Morgan fingerprint density at radius 1 is 1.04 bits per heavy atom. The Kier molecular flexibility index (Phi) is 7.11. The highest BCUT2D eigenvalue weighted by Crippen LogP contribution is 2.24. The van der Waals surface area contributed by atoms with Gasteiger partial charge < -0.3 is 15.1 Å². The molecule has 2 rings (SSSR count). The number of nitrogens with one attached hydrogen (secondary N) is 1. The van der Waals surface area contributed by atoms with Crippen molar-refractivity contribution in [2.75, 3.05) is 39.3 Å². The van der Waals surface area contributed by atoms with E-state index in [0.717, 1.165) is 70.2 Å². The van der Waals surface area contributed by atoms with Crippen LogP contribution in [0.15, 0.2) is 0 Å². The predicted molar refractivity (Wildman–Crippen MR) is 101 cm³/mol. The highest BCUT2D eigenvalue weighted by atomic mass is 16.2. The summed E-state index contributed by atoms with van der Waals surface area (Å²) in [6.45, 7) is 17.6. The van der Waals surface area contributed by atoms with Gasteiger partial charge in [-0.15, -0.1) is 0 Å². The molecule has 0 bridgehead atoms. The molecular formula is C20H39N3O. The van der Waals surface area contributed by atoms with Crippen molar-refractivity contribution >= 4 is 5.91 Å². The first kappa shape index (κ1) is 19.7. The van der Waals surface area contributed by atoms with E-state index in [2.05, 4.69) is 49.7 Å². The van der Waals surface area contributed by atoms with Crippen LogP contribution < -0.4 is 5.32 Å². The Hall–Kier alpha value is -0.610. The predicted octanol–water partition coefficient (Wildman–Crippen LogP) is 2.98. The first-order valence-electron chi connectivity index (χ1n) is 10.0. The molecule has 4 heteroatoms. The van der Waals surface area contributed by atoms with Gasteiger partial charge in [0.05, 0.1) is 0 Å². The summed E-state index contributed by atoms with van der Waals surface area (Å²) in [5.41, 5.74) is 0.191. The number of rotatable bonds is 5. The minimum atomic E-state index is 0.191. The van der Waals surface area contributed by atoms with Crippen molar-refractivity contribution in [3.8, 4) is 0 Å². The van der Waals surface area contributed by atoms with Gasteiger partial charge in [0, 0.05) is 31.1 Å². The van der Waals surface area contributed by atoms with Crippen molar-refractivity contribution in [3.63, 3.8) is 0 Å². The number of hydrogen-bond acceptors (Lipinski definition) is 3. The maximum atomic E-state index is 12.8. The maximum absolute atomic E-state index is 12.8. The fourth-order valence-corrected chi connectivity index (χ4v) is 3.95. The zero-order valence-electron chi connectivity index (χ0n) is 16.6. The number of amides is 1. The molecule has 2 aliphatic rings. The van der Waals surface area contributed by atoms with E-state index in [4.69, 9.17) is 0 Å². The average Bonchev–Trinajstić information content (AvgIpc) is 2.52. The number of likely N-dealkylation sites (tertiary alicyclic amines) is 2. The van der Waals surface area contributed by atoms with Gasteiger partial charge in [-0.25, -0.2) is 0 Å². The van der Waals surface area contributed by atoms with Crippen LogP contribution in [-0.4, -0.2) is 60.5 Å². The monoisotopic (exact) mass is 337 g/mol. The zero-order chi connectivity index (χ0) is 17.7. The highest BCUT2D eigenvalue weighted by Gasteiger charge is 2.31. The summed E-state index contributed by atoms with van der Waals surface area (Å²) in [6, 6.07) is 0. The Labute approximate surface area is 149 Å². The molecule has 140 valence electrons. The lowest BCUT2D eigenvalue weighted by Crippen LogP contribution is -2.47. The molecule has 0 spiro atoms. The molecule has 1 amide bonds. The van der Waals surface area contributed by atoms with Gasteiger partial charge in [-0.2, -0.15) is 0 Å². The second-order valence-corrected chi connectivity index (χ2v) is 9.37. The van der Waals surface area contributed by atoms with Gasteiger partial charge in [-0.1, -0.05) is 13.8 Å². The number of carbonyl (C=O) groups excluding carboxylic acids is 1. The van der Waals surface area contributed by atoms with Crippen LogP contribution in [0, 0.1) is 17.8 Å². The van der Waals surface area contributed by atoms with Crippen LogP contribution in [0.3, 0.4) is 0 Å². The lowest BCUT2D eigenvalue weighted by molar-refractivity contribution is -0.138. The molecule has 0 atom stereocenters. The molecular weight excluding hydrogens is 298 g/mol. The quantitative estimate of drug-likeness (QED) is 0.838. The van der Waals surface area contributed by atoms with Gasteiger partial charge in [-0.05, 0) is 77.9 Å². The van der Waals surface area contributed by atoms with E-state index in [-0.39, 0.29) is 11.5 Å². The van der Waals surface area contributed by atoms with E-state index >= 15 is 0 Å². The minimum Gasteiger partial charge on any atom is -0.342 e. The first-order valence-corrected chi connectivity index (χ1v) is 10.0. The molecule has 1 N–H and O–H groups in total. The molecule has 4 nitrogen and oxygen atoms in total. The summed E-state index contributed by atoms with van der Waals surface area (Å²) < 4.78 is 0. The van der Waals surface area contributed by atoms with E-state index in [1.54, 1.807) is 0 Å². The molecule has 0 aromatic carbocycles. The topological polar surface area (TPSA) is 35.6 Å². The molecule has 2 heterocycles. The fourth-order valence-electron chi connectivity index (χ4n) is 3.95. The van der Waals surface area contributed by atoms with Gasteiger partial charge in [0.15, 0.2) is 0 Å². The Balaban J connectivity index is 1.70. The summed E-state index contributed by atoms with van der Waals surface area (Å²) in [5.74, 6) is 2.15. The van der Waals surface area contributed by atoms with E-state index in [1.807, 2.05) is 0 Å². The van der Waals surface area contributed by atoms with Gasteiger partial charge in [0.25, 0.3) is 0 Å². The van der Waals surface area contributed by atoms with Crippen molar-refractivity contribution in [1.82, 2.24) is 15.1 Å². The molecule has 0 unspecified atom stereocenters. The summed E-state index contributed by atoms with van der Waals surface area (Å²) >= 11 is 0. The third-order valence-corrected chi connectivity index (χ3v) is 5.41. The molecule has 2 aliphatic heterocycles. The molecule has 24 heavy (non-hydrogen) atoms. The van der Waals surface area contributed by atoms with E-state index in [1.165, 1.54) is 6.54 Å². The van der Waals surface area contributed by atoms with Crippen LogP contribution in [0.25, 0.3) is 0 Å². The normalized spacial score (nSPS) is 22.3. The fraction of sp³-hybridized carbons (Fsp3) is 0.950. The zero-order valence-corrected chi connectivity index (χ0v) is 16.6. The van der Waals surface area contributed by atoms with Crippen LogP contribution >= 0.6 is 0 Å². The summed E-state index contributed by atoms with van der Waals surface area (Å²) in [6.07, 6.45) is 4.41.